The molecule has 1 amide bonds. The van der Waals surface area contributed by atoms with E-state index in [1.165, 1.54) is 34.4 Å². The molecular weight excluding hydrogens is 466 g/mol. The van der Waals surface area contributed by atoms with Crippen LogP contribution in [0.2, 0.25) is 15.1 Å². The number of carbonyl (C=O) groups excluding carboxylic acids is 1. The number of anilines is 1. The van der Waals surface area contributed by atoms with Crippen molar-refractivity contribution in [2.45, 2.75) is 19.1 Å². The summed E-state index contributed by atoms with van der Waals surface area (Å²) in [5.74, 6) is -2.27. The van der Waals surface area contributed by atoms with Crippen molar-refractivity contribution in [2.24, 2.45) is 0 Å². The molecule has 1 N–H and O–H groups in total. The van der Waals surface area contributed by atoms with Crippen LogP contribution in [-0.4, -0.2) is 28.1 Å². The van der Waals surface area contributed by atoms with Gasteiger partial charge in [0.25, 0.3) is 5.91 Å². The number of fused-ring (bicyclic) bond motifs is 2. The molecule has 1 aliphatic heterocycles. The number of thiazole rings is 1. The molecule has 0 saturated heterocycles. The molecule has 1 aromatic heterocycles. The molecule has 3 aromatic rings. The highest BCUT2D eigenvalue weighted by molar-refractivity contribution is 7.19. The fourth-order valence-electron chi connectivity index (χ4n) is 2.98. The maximum Gasteiger partial charge on any atom is 0.307 e. The first-order chi connectivity index (χ1) is 13.7. The summed E-state index contributed by atoms with van der Waals surface area (Å²) in [5, 5.41) is 10.4. The Morgan fingerprint density at radius 1 is 1.28 bits per heavy atom. The van der Waals surface area contributed by atoms with Gasteiger partial charge in [-0.05, 0) is 18.2 Å². The first-order valence-corrected chi connectivity index (χ1v) is 10.1. The Hall–Kier alpha value is -2.13. The van der Waals surface area contributed by atoms with Crippen molar-refractivity contribution in [2.75, 3.05) is 4.90 Å². The monoisotopic (exact) mass is 474 g/mol. The Balaban J connectivity index is 1.76. The van der Waals surface area contributed by atoms with Gasteiger partial charge in [-0.25, -0.2) is 9.37 Å². The molecule has 1 atom stereocenters. The summed E-state index contributed by atoms with van der Waals surface area (Å²) in [7, 11) is 0. The Morgan fingerprint density at radius 2 is 2.03 bits per heavy atom. The zero-order chi connectivity index (χ0) is 20.9. The van der Waals surface area contributed by atoms with E-state index in [0.717, 1.165) is 6.07 Å². The summed E-state index contributed by atoms with van der Waals surface area (Å²) in [4.78, 5) is 29.7. The Morgan fingerprint density at radius 3 is 2.76 bits per heavy atom. The van der Waals surface area contributed by atoms with E-state index in [2.05, 4.69) is 4.98 Å². The lowest BCUT2D eigenvalue weighted by Crippen LogP contribution is -2.46. The molecule has 1 unspecified atom stereocenters. The summed E-state index contributed by atoms with van der Waals surface area (Å²) in [6.45, 7) is 0.000564. The molecule has 0 bridgehead atoms. The number of rotatable bonds is 4. The largest absolute Gasteiger partial charge is 0.481 e. The van der Waals surface area contributed by atoms with Crippen LogP contribution in [0.25, 0.3) is 10.2 Å². The van der Waals surface area contributed by atoms with Crippen LogP contribution in [0.15, 0.2) is 24.3 Å². The van der Waals surface area contributed by atoms with Crippen molar-refractivity contribution in [3.05, 3.63) is 50.2 Å². The number of hydrogen-bond donors (Lipinski definition) is 1. The first-order valence-electron chi connectivity index (χ1n) is 8.17. The van der Waals surface area contributed by atoms with Gasteiger partial charge in [0.15, 0.2) is 6.10 Å². The highest BCUT2D eigenvalue weighted by Crippen LogP contribution is 2.41. The van der Waals surface area contributed by atoms with Gasteiger partial charge in [-0.3, -0.25) is 14.5 Å². The predicted molar refractivity (Wildman–Crippen MR) is 109 cm³/mol. The van der Waals surface area contributed by atoms with E-state index in [0.29, 0.717) is 25.9 Å². The molecule has 0 radical (unpaired) electrons. The van der Waals surface area contributed by atoms with Crippen LogP contribution in [0.5, 0.6) is 5.75 Å². The van der Waals surface area contributed by atoms with Crippen LogP contribution in [0, 0.1) is 5.82 Å². The minimum absolute atomic E-state index is 0.000564. The van der Waals surface area contributed by atoms with E-state index >= 15 is 0 Å². The maximum atomic E-state index is 13.6. The van der Waals surface area contributed by atoms with Crippen LogP contribution >= 0.6 is 46.1 Å². The molecule has 0 spiro atoms. The van der Waals surface area contributed by atoms with E-state index in [4.69, 9.17) is 44.6 Å². The molecule has 150 valence electrons. The standard InChI is InChI=1S/C18H10Cl3FN2O4S/c19-8-4-9(20)17-16(15(8)21)23-13(29-17)6-24-10-2-1-7(22)3-11(10)28-12(18(24)27)5-14(25)26/h1-4,12H,5-6H2,(H,25,26). The maximum absolute atomic E-state index is 13.6. The highest BCUT2D eigenvalue weighted by Gasteiger charge is 2.36. The van der Waals surface area contributed by atoms with E-state index in [9.17, 15) is 14.0 Å². The van der Waals surface area contributed by atoms with Crippen molar-refractivity contribution >= 4 is 73.9 Å². The van der Waals surface area contributed by atoms with Crippen molar-refractivity contribution in [1.82, 2.24) is 4.98 Å². The van der Waals surface area contributed by atoms with E-state index < -0.39 is 30.2 Å². The molecule has 0 aliphatic carbocycles. The average Bonchev–Trinajstić information content (AvgIpc) is 3.07. The summed E-state index contributed by atoms with van der Waals surface area (Å²) in [6, 6.07) is 5.20. The van der Waals surface area contributed by atoms with E-state index in [-0.39, 0.29) is 22.3 Å². The van der Waals surface area contributed by atoms with Gasteiger partial charge < -0.3 is 9.84 Å². The zero-order valence-electron chi connectivity index (χ0n) is 14.3. The number of amides is 1. The van der Waals surface area contributed by atoms with Crippen molar-refractivity contribution in [3.8, 4) is 5.75 Å². The van der Waals surface area contributed by atoms with Crippen LogP contribution in [0.1, 0.15) is 11.4 Å². The highest BCUT2D eigenvalue weighted by atomic mass is 35.5. The average molecular weight is 476 g/mol. The third kappa shape index (κ3) is 3.73. The second-order valence-corrected chi connectivity index (χ2v) is 8.46. The topological polar surface area (TPSA) is 79.7 Å². The molecule has 29 heavy (non-hydrogen) atoms. The minimum Gasteiger partial charge on any atom is -0.481 e. The Bertz CT molecular complexity index is 1170. The lowest BCUT2D eigenvalue weighted by atomic mass is 10.1. The second kappa shape index (κ2) is 7.60. The summed E-state index contributed by atoms with van der Waals surface area (Å²) < 4.78 is 19.7. The third-order valence-corrected chi connectivity index (χ3v) is 6.50. The summed E-state index contributed by atoms with van der Waals surface area (Å²) >= 11 is 19.7. The predicted octanol–water partition coefficient (Wildman–Crippen LogP) is 5.16. The van der Waals surface area contributed by atoms with Crippen LogP contribution in [0.4, 0.5) is 10.1 Å². The van der Waals surface area contributed by atoms with Crippen molar-refractivity contribution in [1.29, 1.82) is 0 Å². The molecule has 4 rings (SSSR count). The second-order valence-electron chi connectivity index (χ2n) is 6.18. The fourth-order valence-corrected chi connectivity index (χ4v) is 4.77. The number of ether oxygens (including phenoxy) is 1. The fraction of sp³-hybridized carbons (Fsp3) is 0.167. The molecule has 0 saturated carbocycles. The molecular formula is C18H10Cl3FN2O4S. The molecule has 6 nitrogen and oxygen atoms in total. The molecule has 11 heteroatoms. The van der Waals surface area contributed by atoms with Gasteiger partial charge >= 0.3 is 5.97 Å². The first kappa shape index (κ1) is 20.2. The van der Waals surface area contributed by atoms with Gasteiger partial charge in [-0.15, -0.1) is 11.3 Å². The molecule has 2 aromatic carbocycles. The van der Waals surface area contributed by atoms with Gasteiger partial charge in [-0.1, -0.05) is 34.8 Å². The normalized spacial score (nSPS) is 16.1. The van der Waals surface area contributed by atoms with Gasteiger partial charge in [0, 0.05) is 6.07 Å². The number of hydrogen-bond acceptors (Lipinski definition) is 5. The number of nitrogens with zero attached hydrogens (tertiary/aromatic N) is 2. The van der Waals surface area contributed by atoms with Gasteiger partial charge in [0.1, 0.15) is 22.1 Å². The molecule has 2 heterocycles. The van der Waals surface area contributed by atoms with Gasteiger partial charge in [0.2, 0.25) is 0 Å². The zero-order valence-corrected chi connectivity index (χ0v) is 17.4. The van der Waals surface area contributed by atoms with Crippen molar-refractivity contribution in [3.63, 3.8) is 0 Å². The number of halogens is 4. The Labute approximate surface area is 182 Å². The van der Waals surface area contributed by atoms with E-state index in [1.54, 1.807) is 0 Å². The minimum atomic E-state index is -1.28. The van der Waals surface area contributed by atoms with Crippen LogP contribution in [-0.2, 0) is 16.1 Å². The smallest absolute Gasteiger partial charge is 0.307 e. The lowest BCUT2D eigenvalue weighted by Gasteiger charge is -2.33. The third-order valence-electron chi connectivity index (χ3n) is 4.24. The van der Waals surface area contributed by atoms with Gasteiger partial charge in [0.05, 0.1) is 38.4 Å². The number of aliphatic carboxylic acids is 1. The number of carboxylic acids is 1. The summed E-state index contributed by atoms with van der Waals surface area (Å²) in [6.07, 6.45) is -1.84. The number of aromatic nitrogens is 1. The Kier molecular flexibility index (Phi) is 5.29. The number of carbonyl (C=O) groups is 2. The van der Waals surface area contributed by atoms with Gasteiger partial charge in [-0.2, -0.15) is 0 Å². The van der Waals surface area contributed by atoms with Crippen LogP contribution in [0.3, 0.4) is 0 Å². The lowest BCUT2D eigenvalue weighted by molar-refractivity contribution is -0.142. The van der Waals surface area contributed by atoms with Crippen molar-refractivity contribution < 1.29 is 23.8 Å². The SMILES string of the molecule is O=C(O)CC1Oc2cc(F)ccc2N(Cc2nc3c(Cl)c(Cl)cc(Cl)c3s2)C1=O. The summed E-state index contributed by atoms with van der Waals surface area (Å²) in [5.41, 5.74) is 0.721. The van der Waals surface area contributed by atoms with E-state index in [1.807, 2.05) is 0 Å². The van der Waals surface area contributed by atoms with Crippen LogP contribution < -0.4 is 9.64 Å². The number of carboxylic acid groups (broad SMARTS) is 1. The molecule has 1 aliphatic rings. The quantitative estimate of drug-likeness (QED) is 0.527. The molecule has 0 fully saturated rings. The number of benzene rings is 2.